The van der Waals surface area contributed by atoms with Crippen LogP contribution in [0.15, 0.2) is 72.8 Å². The lowest BCUT2D eigenvalue weighted by Gasteiger charge is -2.10. The maximum Gasteiger partial charge on any atom is 0.507 e. The standard InChI is InChI=1S/C29H24N6O4/c1-4-24-31-25-26(32-24)33-29(39-21-12-8-9-19(15-21)28(36)35(2)3)34-27(25)38-23-14-18(17-30)13-22(16-23)37-20-10-6-5-7-11-20/h5-16H,4H2,1-3H3,(H,31,32,33,34)/p+1. The molecule has 5 rings (SSSR count). The Kier molecular flexibility index (Phi) is 7.05. The van der Waals surface area contributed by atoms with E-state index in [1.165, 1.54) is 4.90 Å². The van der Waals surface area contributed by atoms with Gasteiger partial charge in [-0.2, -0.15) is 15.2 Å². The van der Waals surface area contributed by atoms with Gasteiger partial charge in [-0.3, -0.25) is 4.79 Å². The number of nitrogens with zero attached hydrogens (tertiary/aromatic N) is 4. The van der Waals surface area contributed by atoms with Crippen LogP contribution in [0.4, 0.5) is 0 Å². The molecule has 194 valence electrons. The van der Waals surface area contributed by atoms with Crippen LogP contribution in [-0.2, 0) is 6.42 Å². The zero-order chi connectivity index (χ0) is 27.4. The summed E-state index contributed by atoms with van der Waals surface area (Å²) in [7, 11) is 3.37. The van der Waals surface area contributed by atoms with E-state index in [0.29, 0.717) is 57.5 Å². The Morgan fingerprint density at radius 2 is 1.67 bits per heavy atom. The first kappa shape index (κ1) is 25.2. The van der Waals surface area contributed by atoms with Gasteiger partial charge in [-0.25, -0.2) is 0 Å². The molecule has 5 aromatic rings. The highest BCUT2D eigenvalue weighted by molar-refractivity contribution is 5.94. The second kappa shape index (κ2) is 10.9. The predicted molar refractivity (Wildman–Crippen MR) is 142 cm³/mol. The molecular weight excluding hydrogens is 496 g/mol. The summed E-state index contributed by atoms with van der Waals surface area (Å²) >= 11 is 0. The van der Waals surface area contributed by atoms with E-state index in [1.807, 2.05) is 37.3 Å². The molecule has 0 aliphatic carbocycles. The van der Waals surface area contributed by atoms with Gasteiger partial charge in [0.25, 0.3) is 5.91 Å². The summed E-state index contributed by atoms with van der Waals surface area (Å²) in [6, 6.07) is 23.2. The third kappa shape index (κ3) is 5.78. The number of benzene rings is 3. The molecule has 2 N–H and O–H groups in total. The van der Waals surface area contributed by atoms with Crippen molar-refractivity contribution in [2.75, 3.05) is 14.1 Å². The number of ether oxygens (including phenoxy) is 3. The van der Waals surface area contributed by atoms with Crippen LogP contribution < -0.4 is 19.2 Å². The number of carbonyl (C=O) groups is 1. The van der Waals surface area contributed by atoms with Crippen molar-refractivity contribution in [1.29, 1.82) is 5.26 Å². The number of aromatic amines is 2. The van der Waals surface area contributed by atoms with E-state index in [0.717, 1.165) is 0 Å². The molecule has 0 bridgehead atoms. The molecule has 3 aromatic carbocycles. The number of nitrogens with one attached hydrogen (secondary N) is 2. The molecule has 0 fully saturated rings. The minimum Gasteiger partial charge on any atom is -0.457 e. The summed E-state index contributed by atoms with van der Waals surface area (Å²) in [5.74, 6) is 2.69. The summed E-state index contributed by atoms with van der Waals surface area (Å²) in [4.78, 5) is 29.2. The van der Waals surface area contributed by atoms with Crippen molar-refractivity contribution in [3.63, 3.8) is 0 Å². The first-order chi connectivity index (χ1) is 18.9. The van der Waals surface area contributed by atoms with E-state index in [-0.39, 0.29) is 17.8 Å². The van der Waals surface area contributed by atoms with Crippen molar-refractivity contribution in [1.82, 2.24) is 19.9 Å². The van der Waals surface area contributed by atoms with Gasteiger partial charge >= 0.3 is 17.5 Å². The predicted octanol–water partition coefficient (Wildman–Crippen LogP) is 5.28. The fourth-order valence-electron chi connectivity index (χ4n) is 3.79. The van der Waals surface area contributed by atoms with Crippen molar-refractivity contribution in [3.8, 4) is 41.0 Å². The number of fused-ring (bicyclic) bond motifs is 1. The number of aryl methyl sites for hydroxylation is 1. The van der Waals surface area contributed by atoms with Crippen LogP contribution >= 0.6 is 0 Å². The molecule has 0 radical (unpaired) electrons. The van der Waals surface area contributed by atoms with Crippen LogP contribution in [0.1, 0.15) is 28.7 Å². The second-order valence-corrected chi connectivity index (χ2v) is 8.76. The van der Waals surface area contributed by atoms with Crippen molar-refractivity contribution < 1.29 is 24.0 Å². The number of amides is 1. The van der Waals surface area contributed by atoms with Crippen LogP contribution in [0.3, 0.4) is 0 Å². The smallest absolute Gasteiger partial charge is 0.457 e. The summed E-state index contributed by atoms with van der Waals surface area (Å²) in [5, 5.41) is 9.59. The van der Waals surface area contributed by atoms with Crippen molar-refractivity contribution >= 4 is 17.1 Å². The molecule has 0 aliphatic rings. The van der Waals surface area contributed by atoms with Gasteiger partial charge in [0.15, 0.2) is 5.52 Å². The van der Waals surface area contributed by atoms with Crippen molar-refractivity contribution in [2.24, 2.45) is 0 Å². The second-order valence-electron chi connectivity index (χ2n) is 8.76. The molecule has 2 heterocycles. The molecular formula is C29H25N6O4+. The quantitative estimate of drug-likeness (QED) is 0.294. The topological polar surface area (TPSA) is 128 Å². The normalized spacial score (nSPS) is 10.6. The lowest BCUT2D eigenvalue weighted by molar-refractivity contribution is -0.405. The Labute approximate surface area is 224 Å². The Morgan fingerprint density at radius 3 is 2.38 bits per heavy atom. The summed E-state index contributed by atoms with van der Waals surface area (Å²) in [6.07, 6.45) is 0.652. The maximum absolute atomic E-state index is 12.4. The molecule has 1 amide bonds. The van der Waals surface area contributed by atoms with Crippen LogP contribution in [-0.4, -0.2) is 39.9 Å². The van der Waals surface area contributed by atoms with Gasteiger partial charge in [-0.15, -0.1) is 0 Å². The van der Waals surface area contributed by atoms with E-state index < -0.39 is 0 Å². The van der Waals surface area contributed by atoms with Crippen LogP contribution in [0.2, 0.25) is 0 Å². The van der Waals surface area contributed by atoms with Crippen LogP contribution in [0.5, 0.6) is 34.9 Å². The first-order valence-electron chi connectivity index (χ1n) is 12.2. The third-order valence-electron chi connectivity index (χ3n) is 5.63. The number of hydrogen-bond acceptors (Lipinski definition) is 7. The highest BCUT2D eigenvalue weighted by Crippen LogP contribution is 2.32. The monoisotopic (exact) mass is 521 g/mol. The highest BCUT2D eigenvalue weighted by Gasteiger charge is 2.23. The summed E-state index contributed by atoms with van der Waals surface area (Å²) in [5.41, 5.74) is 1.75. The molecule has 10 heteroatoms. The van der Waals surface area contributed by atoms with E-state index in [1.54, 1.807) is 56.6 Å². The zero-order valence-corrected chi connectivity index (χ0v) is 21.6. The van der Waals surface area contributed by atoms with Gasteiger partial charge in [-0.1, -0.05) is 31.2 Å². The van der Waals surface area contributed by atoms with E-state index in [2.05, 4.69) is 26.0 Å². The largest absolute Gasteiger partial charge is 0.507 e. The maximum atomic E-state index is 12.4. The Bertz CT molecular complexity index is 1690. The molecule has 39 heavy (non-hydrogen) atoms. The molecule has 0 unspecified atom stereocenters. The van der Waals surface area contributed by atoms with Gasteiger partial charge in [-0.05, 0) is 42.5 Å². The van der Waals surface area contributed by atoms with E-state index >= 15 is 0 Å². The van der Waals surface area contributed by atoms with E-state index in [4.69, 9.17) is 14.2 Å². The number of H-pyrrole nitrogens is 2. The molecule has 2 aromatic heterocycles. The third-order valence-corrected chi connectivity index (χ3v) is 5.63. The molecule has 0 saturated carbocycles. The number of imidazole rings is 1. The zero-order valence-electron chi connectivity index (χ0n) is 21.6. The molecule has 10 nitrogen and oxygen atoms in total. The van der Waals surface area contributed by atoms with Crippen LogP contribution in [0.25, 0.3) is 11.2 Å². The van der Waals surface area contributed by atoms with E-state index in [9.17, 15) is 10.1 Å². The number of rotatable bonds is 8. The Balaban J connectivity index is 1.50. The number of para-hydroxylation sites is 1. The number of nitriles is 1. The lowest BCUT2D eigenvalue weighted by Crippen LogP contribution is -2.21. The van der Waals surface area contributed by atoms with Crippen molar-refractivity contribution in [2.45, 2.75) is 13.3 Å². The minimum absolute atomic E-state index is 0.110. The Morgan fingerprint density at radius 1 is 0.923 bits per heavy atom. The van der Waals surface area contributed by atoms with Gasteiger partial charge in [0.05, 0.1) is 11.6 Å². The SMILES string of the molecule is CCc1nc2nc(Oc3cccc(C(=O)N(C)C)c3)[nH+]c(Oc3cc(C#N)cc(Oc4ccccc4)c3)c2[nH]1. The summed E-state index contributed by atoms with van der Waals surface area (Å²) in [6.45, 7) is 1.97. The molecule has 0 atom stereocenters. The number of carbonyl (C=O) groups excluding carboxylic acids is 1. The average molecular weight is 522 g/mol. The molecule has 0 aliphatic heterocycles. The van der Waals surface area contributed by atoms with Crippen LogP contribution in [0, 0.1) is 11.3 Å². The van der Waals surface area contributed by atoms with Crippen molar-refractivity contribution in [3.05, 3.63) is 89.7 Å². The first-order valence-corrected chi connectivity index (χ1v) is 12.2. The fourth-order valence-corrected chi connectivity index (χ4v) is 3.79. The summed E-state index contributed by atoms with van der Waals surface area (Å²) < 4.78 is 18.1. The van der Waals surface area contributed by atoms with Gasteiger partial charge < -0.3 is 24.1 Å². The molecule has 0 saturated heterocycles. The number of aromatic nitrogens is 4. The lowest BCUT2D eigenvalue weighted by atomic mass is 10.2. The number of hydrogen-bond donors (Lipinski definition) is 1. The van der Waals surface area contributed by atoms with Gasteiger partial charge in [0.2, 0.25) is 0 Å². The average Bonchev–Trinajstić information content (AvgIpc) is 3.37. The minimum atomic E-state index is -0.150. The fraction of sp³-hybridized carbons (Fsp3) is 0.138. The van der Waals surface area contributed by atoms with Gasteiger partial charge in [0.1, 0.15) is 28.8 Å². The van der Waals surface area contributed by atoms with Gasteiger partial charge in [0, 0.05) is 37.1 Å². The Hall–Kier alpha value is -5.43. The molecule has 0 spiro atoms. The highest BCUT2D eigenvalue weighted by atomic mass is 16.5.